The van der Waals surface area contributed by atoms with Crippen molar-refractivity contribution in [2.24, 2.45) is 0 Å². The number of carbonyl (C=O) groups is 1. The van der Waals surface area contributed by atoms with Gasteiger partial charge in [-0.05, 0) is 24.3 Å². The molecule has 0 saturated carbocycles. The first-order valence-electron chi connectivity index (χ1n) is 9.12. The van der Waals surface area contributed by atoms with Gasteiger partial charge in [0.1, 0.15) is 0 Å². The van der Waals surface area contributed by atoms with E-state index in [1.165, 1.54) is 51.4 Å². The second kappa shape index (κ2) is 12.7. The van der Waals surface area contributed by atoms with E-state index < -0.39 is 0 Å². The van der Waals surface area contributed by atoms with Crippen LogP contribution in [0.1, 0.15) is 87.7 Å². The molecule has 0 bridgehead atoms. The standard InChI is InChI=1S/C19H33NOS/c1-3-5-7-9-11-15-20(16-12-10-8-6-4-2)19(21)18-14-13-17-22-18/h13-14,17H,3-12,15-16H2,1-2H3. The summed E-state index contributed by atoms with van der Waals surface area (Å²) >= 11 is 1.56. The smallest absolute Gasteiger partial charge is 0.263 e. The van der Waals surface area contributed by atoms with Crippen LogP contribution in [0.3, 0.4) is 0 Å². The van der Waals surface area contributed by atoms with Crippen molar-refractivity contribution in [1.82, 2.24) is 4.90 Å². The number of thiophene rings is 1. The normalized spacial score (nSPS) is 10.8. The fraction of sp³-hybridized carbons (Fsp3) is 0.737. The third kappa shape index (κ3) is 7.98. The second-order valence-corrected chi connectivity index (χ2v) is 7.05. The van der Waals surface area contributed by atoms with Crippen LogP contribution in [-0.4, -0.2) is 23.9 Å². The summed E-state index contributed by atoms with van der Waals surface area (Å²) in [5.41, 5.74) is 0. The lowest BCUT2D eigenvalue weighted by Crippen LogP contribution is -2.32. The summed E-state index contributed by atoms with van der Waals surface area (Å²) in [4.78, 5) is 15.6. The highest BCUT2D eigenvalue weighted by Gasteiger charge is 2.15. The Morgan fingerprint density at radius 3 is 1.91 bits per heavy atom. The van der Waals surface area contributed by atoms with Crippen LogP contribution in [0.5, 0.6) is 0 Å². The third-order valence-electron chi connectivity index (χ3n) is 4.08. The maximum Gasteiger partial charge on any atom is 0.263 e. The van der Waals surface area contributed by atoms with Gasteiger partial charge >= 0.3 is 0 Å². The Morgan fingerprint density at radius 1 is 0.909 bits per heavy atom. The van der Waals surface area contributed by atoms with Gasteiger partial charge in [-0.2, -0.15) is 0 Å². The molecule has 1 aromatic rings. The molecule has 0 atom stereocenters. The van der Waals surface area contributed by atoms with Crippen molar-refractivity contribution in [2.75, 3.05) is 13.1 Å². The van der Waals surface area contributed by atoms with E-state index in [2.05, 4.69) is 18.7 Å². The molecule has 0 aliphatic heterocycles. The Morgan fingerprint density at radius 2 is 1.45 bits per heavy atom. The SMILES string of the molecule is CCCCCCCN(CCCCCCC)C(=O)c1cccs1. The van der Waals surface area contributed by atoms with Gasteiger partial charge in [0.2, 0.25) is 0 Å². The molecule has 1 aromatic heterocycles. The zero-order valence-electron chi connectivity index (χ0n) is 14.5. The van der Waals surface area contributed by atoms with Crippen LogP contribution in [0, 0.1) is 0 Å². The summed E-state index contributed by atoms with van der Waals surface area (Å²) < 4.78 is 0. The molecule has 0 saturated heterocycles. The molecule has 0 aromatic carbocycles. The molecule has 1 heterocycles. The van der Waals surface area contributed by atoms with Crippen molar-refractivity contribution in [2.45, 2.75) is 78.1 Å². The van der Waals surface area contributed by atoms with Gasteiger partial charge in [0.05, 0.1) is 4.88 Å². The minimum Gasteiger partial charge on any atom is -0.338 e. The number of carbonyl (C=O) groups excluding carboxylic acids is 1. The Labute approximate surface area is 140 Å². The molecular weight excluding hydrogens is 290 g/mol. The van der Waals surface area contributed by atoms with E-state index in [9.17, 15) is 4.79 Å². The van der Waals surface area contributed by atoms with Crippen molar-refractivity contribution in [3.63, 3.8) is 0 Å². The molecule has 3 heteroatoms. The first-order chi connectivity index (χ1) is 10.8. The van der Waals surface area contributed by atoms with Crippen LogP contribution < -0.4 is 0 Å². The van der Waals surface area contributed by atoms with Gasteiger partial charge in [-0.25, -0.2) is 0 Å². The molecule has 0 aliphatic rings. The van der Waals surface area contributed by atoms with E-state index in [-0.39, 0.29) is 5.91 Å². The number of hydrogen-bond donors (Lipinski definition) is 0. The molecule has 0 unspecified atom stereocenters. The largest absolute Gasteiger partial charge is 0.338 e. The first-order valence-corrected chi connectivity index (χ1v) is 10.00. The number of nitrogens with zero attached hydrogens (tertiary/aromatic N) is 1. The van der Waals surface area contributed by atoms with Crippen molar-refractivity contribution in [3.8, 4) is 0 Å². The first kappa shape index (κ1) is 19.2. The number of unbranched alkanes of at least 4 members (excludes halogenated alkanes) is 8. The molecule has 1 amide bonds. The van der Waals surface area contributed by atoms with Gasteiger partial charge in [-0.3, -0.25) is 4.79 Å². The van der Waals surface area contributed by atoms with Gasteiger partial charge < -0.3 is 4.90 Å². The summed E-state index contributed by atoms with van der Waals surface area (Å²) in [6.45, 7) is 6.33. The maximum absolute atomic E-state index is 12.6. The molecule has 0 aliphatic carbocycles. The predicted molar refractivity (Wildman–Crippen MR) is 97.7 cm³/mol. The molecule has 1 rings (SSSR count). The highest BCUT2D eigenvalue weighted by atomic mass is 32.1. The molecule has 0 spiro atoms. The van der Waals surface area contributed by atoms with Crippen LogP contribution >= 0.6 is 11.3 Å². The highest BCUT2D eigenvalue weighted by Crippen LogP contribution is 2.15. The minimum atomic E-state index is 0.237. The Hall–Kier alpha value is -0.830. The fourth-order valence-corrected chi connectivity index (χ4v) is 3.37. The topological polar surface area (TPSA) is 20.3 Å². The van der Waals surface area contributed by atoms with Crippen LogP contribution in [0.4, 0.5) is 0 Å². The zero-order chi connectivity index (χ0) is 16.0. The fourth-order valence-electron chi connectivity index (χ4n) is 2.68. The second-order valence-electron chi connectivity index (χ2n) is 6.10. The molecule has 126 valence electrons. The van der Waals surface area contributed by atoms with E-state index in [1.807, 2.05) is 17.5 Å². The molecule has 2 nitrogen and oxygen atoms in total. The van der Waals surface area contributed by atoms with Crippen molar-refractivity contribution in [3.05, 3.63) is 22.4 Å². The van der Waals surface area contributed by atoms with Gasteiger partial charge in [0.25, 0.3) is 5.91 Å². The monoisotopic (exact) mass is 323 g/mol. The molecule has 0 fully saturated rings. The Balaban J connectivity index is 2.37. The number of rotatable bonds is 13. The average molecular weight is 324 g/mol. The highest BCUT2D eigenvalue weighted by molar-refractivity contribution is 7.12. The van der Waals surface area contributed by atoms with Crippen LogP contribution in [0.15, 0.2) is 17.5 Å². The van der Waals surface area contributed by atoms with Crippen molar-refractivity contribution in [1.29, 1.82) is 0 Å². The van der Waals surface area contributed by atoms with Crippen LogP contribution in [-0.2, 0) is 0 Å². The predicted octanol–water partition coefficient (Wildman–Crippen LogP) is 6.13. The van der Waals surface area contributed by atoms with E-state index >= 15 is 0 Å². The lowest BCUT2D eigenvalue weighted by atomic mass is 10.1. The third-order valence-corrected chi connectivity index (χ3v) is 4.94. The van der Waals surface area contributed by atoms with Gasteiger partial charge in [0, 0.05) is 13.1 Å². The van der Waals surface area contributed by atoms with Crippen molar-refractivity contribution < 1.29 is 4.79 Å². The number of amides is 1. The Kier molecular flexibility index (Phi) is 11.1. The Bertz CT molecular complexity index is 361. The molecular formula is C19H33NOS. The van der Waals surface area contributed by atoms with E-state index in [0.29, 0.717) is 0 Å². The molecule has 22 heavy (non-hydrogen) atoms. The zero-order valence-corrected chi connectivity index (χ0v) is 15.3. The van der Waals surface area contributed by atoms with Crippen molar-refractivity contribution >= 4 is 17.2 Å². The summed E-state index contributed by atoms with van der Waals surface area (Å²) in [6.07, 6.45) is 12.6. The quantitative estimate of drug-likeness (QED) is 0.400. The minimum absolute atomic E-state index is 0.237. The molecule has 0 radical (unpaired) electrons. The van der Waals surface area contributed by atoms with E-state index in [0.717, 1.165) is 30.8 Å². The summed E-state index contributed by atoms with van der Waals surface area (Å²) in [7, 11) is 0. The van der Waals surface area contributed by atoms with Gasteiger partial charge in [-0.15, -0.1) is 11.3 Å². The van der Waals surface area contributed by atoms with Gasteiger partial charge in [0.15, 0.2) is 0 Å². The lowest BCUT2D eigenvalue weighted by molar-refractivity contribution is 0.0754. The summed E-state index contributed by atoms with van der Waals surface area (Å²) in [6, 6.07) is 3.92. The van der Waals surface area contributed by atoms with E-state index in [4.69, 9.17) is 0 Å². The lowest BCUT2D eigenvalue weighted by Gasteiger charge is -2.22. The average Bonchev–Trinajstić information content (AvgIpc) is 3.06. The summed E-state index contributed by atoms with van der Waals surface area (Å²) in [5, 5.41) is 1.99. The van der Waals surface area contributed by atoms with Crippen LogP contribution in [0.25, 0.3) is 0 Å². The molecule has 0 N–H and O–H groups in total. The maximum atomic E-state index is 12.6. The van der Waals surface area contributed by atoms with Gasteiger partial charge in [-0.1, -0.05) is 71.3 Å². The summed E-state index contributed by atoms with van der Waals surface area (Å²) in [5.74, 6) is 0.237. The number of hydrogen-bond acceptors (Lipinski definition) is 2. The van der Waals surface area contributed by atoms with E-state index in [1.54, 1.807) is 11.3 Å². The van der Waals surface area contributed by atoms with Crippen LogP contribution in [0.2, 0.25) is 0 Å².